The van der Waals surface area contributed by atoms with Gasteiger partial charge in [0, 0.05) is 0 Å². The standard InChI is InChI=1S/C8H12O4/c1-3-5(2)11-8(10)6-4-7(9)12-6/h5-6H,3-4H2,1-2H3/t5-,6-/m1/s1. The van der Waals surface area contributed by atoms with Gasteiger partial charge in [0.05, 0.1) is 12.5 Å². The van der Waals surface area contributed by atoms with Crippen LogP contribution in [0.4, 0.5) is 0 Å². The van der Waals surface area contributed by atoms with Crippen LogP contribution in [0.25, 0.3) is 0 Å². The highest BCUT2D eigenvalue weighted by atomic mass is 16.6. The summed E-state index contributed by atoms with van der Waals surface area (Å²) >= 11 is 0. The molecule has 1 fully saturated rings. The Hall–Kier alpha value is -1.06. The lowest BCUT2D eigenvalue weighted by molar-refractivity contribution is -0.188. The molecule has 1 aliphatic rings. The molecule has 0 bridgehead atoms. The lowest BCUT2D eigenvalue weighted by Crippen LogP contribution is -2.41. The van der Waals surface area contributed by atoms with E-state index in [0.29, 0.717) is 0 Å². The maximum absolute atomic E-state index is 11.0. The molecule has 2 atom stereocenters. The number of carbonyl (C=O) groups excluding carboxylic acids is 2. The van der Waals surface area contributed by atoms with E-state index in [9.17, 15) is 9.59 Å². The van der Waals surface area contributed by atoms with Gasteiger partial charge in [-0.15, -0.1) is 0 Å². The minimum absolute atomic E-state index is 0.100. The second-order valence-corrected chi connectivity index (χ2v) is 2.84. The molecule has 0 unspecified atom stereocenters. The molecule has 0 aromatic rings. The summed E-state index contributed by atoms with van der Waals surface area (Å²) in [5, 5.41) is 0. The topological polar surface area (TPSA) is 52.6 Å². The van der Waals surface area contributed by atoms with E-state index in [1.165, 1.54) is 0 Å². The van der Waals surface area contributed by atoms with Gasteiger partial charge in [-0.2, -0.15) is 0 Å². The van der Waals surface area contributed by atoms with Crippen LogP contribution in [0.2, 0.25) is 0 Å². The van der Waals surface area contributed by atoms with Gasteiger partial charge in [-0.3, -0.25) is 4.79 Å². The summed E-state index contributed by atoms with van der Waals surface area (Å²) in [6.07, 6.45) is 0.185. The van der Waals surface area contributed by atoms with E-state index in [1.54, 1.807) is 6.92 Å². The molecule has 1 saturated heterocycles. The number of hydrogen-bond acceptors (Lipinski definition) is 4. The van der Waals surface area contributed by atoms with Crippen LogP contribution < -0.4 is 0 Å². The highest BCUT2D eigenvalue weighted by Crippen LogP contribution is 2.15. The van der Waals surface area contributed by atoms with Crippen molar-refractivity contribution in [2.45, 2.75) is 38.9 Å². The first-order valence-electron chi connectivity index (χ1n) is 4.03. The van der Waals surface area contributed by atoms with E-state index in [4.69, 9.17) is 4.74 Å². The van der Waals surface area contributed by atoms with Gasteiger partial charge in [-0.25, -0.2) is 4.79 Å². The van der Waals surface area contributed by atoms with E-state index < -0.39 is 12.1 Å². The van der Waals surface area contributed by atoms with Crippen LogP contribution >= 0.6 is 0 Å². The molecular weight excluding hydrogens is 160 g/mol. The number of hydrogen-bond donors (Lipinski definition) is 0. The number of rotatable bonds is 3. The number of ether oxygens (including phenoxy) is 2. The maximum Gasteiger partial charge on any atom is 0.348 e. The third-order valence-electron chi connectivity index (χ3n) is 1.78. The summed E-state index contributed by atoms with van der Waals surface area (Å²) in [7, 11) is 0. The van der Waals surface area contributed by atoms with Crippen LogP contribution in [-0.4, -0.2) is 24.1 Å². The molecule has 0 amide bonds. The van der Waals surface area contributed by atoms with Crippen LogP contribution in [-0.2, 0) is 19.1 Å². The molecule has 0 aromatic carbocycles. The fourth-order valence-corrected chi connectivity index (χ4v) is 0.789. The van der Waals surface area contributed by atoms with Crippen molar-refractivity contribution in [3.05, 3.63) is 0 Å². The molecule has 0 saturated carbocycles. The van der Waals surface area contributed by atoms with Gasteiger partial charge in [0.1, 0.15) is 0 Å². The molecular formula is C8H12O4. The van der Waals surface area contributed by atoms with Crippen LogP contribution in [0.1, 0.15) is 26.7 Å². The molecule has 0 N–H and O–H groups in total. The molecule has 68 valence electrons. The van der Waals surface area contributed by atoms with E-state index in [-0.39, 0.29) is 18.5 Å². The lowest BCUT2D eigenvalue weighted by Gasteiger charge is -2.24. The Morgan fingerprint density at radius 1 is 1.83 bits per heavy atom. The van der Waals surface area contributed by atoms with Gasteiger partial charge in [0.15, 0.2) is 0 Å². The first kappa shape index (κ1) is 9.03. The second-order valence-electron chi connectivity index (χ2n) is 2.84. The summed E-state index contributed by atoms with van der Waals surface area (Å²) in [6, 6.07) is 0. The molecule has 0 radical (unpaired) electrons. The van der Waals surface area contributed by atoms with Crippen molar-refractivity contribution in [1.82, 2.24) is 0 Å². The van der Waals surface area contributed by atoms with Gasteiger partial charge in [-0.05, 0) is 13.3 Å². The number of carbonyl (C=O) groups is 2. The highest BCUT2D eigenvalue weighted by Gasteiger charge is 2.36. The number of cyclic esters (lactones) is 1. The Kier molecular flexibility index (Phi) is 2.68. The molecule has 1 heterocycles. The monoisotopic (exact) mass is 172 g/mol. The Balaban J connectivity index is 2.25. The van der Waals surface area contributed by atoms with Gasteiger partial charge in [-0.1, -0.05) is 6.92 Å². The highest BCUT2D eigenvalue weighted by molar-refractivity contribution is 5.89. The van der Waals surface area contributed by atoms with Crippen LogP contribution in [0.5, 0.6) is 0 Å². The van der Waals surface area contributed by atoms with E-state index in [1.807, 2.05) is 6.92 Å². The zero-order valence-corrected chi connectivity index (χ0v) is 7.20. The quantitative estimate of drug-likeness (QED) is 0.586. The molecule has 4 heteroatoms. The lowest BCUT2D eigenvalue weighted by atomic mass is 10.2. The fourth-order valence-electron chi connectivity index (χ4n) is 0.789. The minimum atomic E-state index is -0.647. The van der Waals surface area contributed by atoms with Gasteiger partial charge >= 0.3 is 11.9 Å². The van der Waals surface area contributed by atoms with Gasteiger partial charge in [0.2, 0.25) is 6.10 Å². The van der Waals surface area contributed by atoms with Crippen LogP contribution in [0.15, 0.2) is 0 Å². The normalized spacial score (nSPS) is 23.8. The van der Waals surface area contributed by atoms with E-state index in [0.717, 1.165) is 6.42 Å². The maximum atomic E-state index is 11.0. The zero-order chi connectivity index (χ0) is 9.14. The second kappa shape index (κ2) is 3.56. The molecule has 0 spiro atoms. The Morgan fingerprint density at radius 2 is 2.42 bits per heavy atom. The molecule has 1 aliphatic heterocycles. The SMILES string of the molecule is CC[C@@H](C)OC(=O)[C@H]1CC(=O)O1. The van der Waals surface area contributed by atoms with Crippen molar-refractivity contribution >= 4 is 11.9 Å². The average molecular weight is 172 g/mol. The molecule has 12 heavy (non-hydrogen) atoms. The molecule has 0 aliphatic carbocycles. The summed E-state index contributed by atoms with van der Waals surface area (Å²) in [6.45, 7) is 3.73. The van der Waals surface area contributed by atoms with Crippen LogP contribution in [0, 0.1) is 0 Å². The Bertz CT molecular complexity index is 191. The smallest absolute Gasteiger partial charge is 0.348 e. The van der Waals surface area contributed by atoms with Crippen molar-refractivity contribution in [3.8, 4) is 0 Å². The molecule has 1 rings (SSSR count). The predicted octanol–water partition coefficient (Wildman–Crippen LogP) is 0.644. The predicted molar refractivity (Wildman–Crippen MR) is 40.3 cm³/mol. The third kappa shape index (κ3) is 1.96. The summed E-state index contributed by atoms with van der Waals surface area (Å²) < 4.78 is 9.47. The summed E-state index contributed by atoms with van der Waals surface area (Å²) in [5.41, 5.74) is 0. The minimum Gasteiger partial charge on any atom is -0.460 e. The largest absolute Gasteiger partial charge is 0.460 e. The van der Waals surface area contributed by atoms with Crippen molar-refractivity contribution in [2.24, 2.45) is 0 Å². The van der Waals surface area contributed by atoms with Crippen LogP contribution in [0.3, 0.4) is 0 Å². The fraction of sp³-hybridized carbons (Fsp3) is 0.750. The van der Waals surface area contributed by atoms with Crippen molar-refractivity contribution in [3.63, 3.8) is 0 Å². The molecule has 0 aromatic heterocycles. The molecule has 4 nitrogen and oxygen atoms in total. The van der Waals surface area contributed by atoms with E-state index in [2.05, 4.69) is 4.74 Å². The van der Waals surface area contributed by atoms with Gasteiger partial charge < -0.3 is 9.47 Å². The first-order valence-corrected chi connectivity index (χ1v) is 4.03. The van der Waals surface area contributed by atoms with E-state index >= 15 is 0 Å². The van der Waals surface area contributed by atoms with Gasteiger partial charge in [0.25, 0.3) is 0 Å². The average Bonchev–Trinajstić information content (AvgIpc) is 1.98. The Morgan fingerprint density at radius 3 is 2.83 bits per heavy atom. The Labute approximate surface area is 70.8 Å². The summed E-state index contributed by atoms with van der Waals surface area (Å²) in [5.74, 6) is -0.759. The van der Waals surface area contributed by atoms with Crippen molar-refractivity contribution < 1.29 is 19.1 Å². The third-order valence-corrected chi connectivity index (χ3v) is 1.78. The zero-order valence-electron chi connectivity index (χ0n) is 7.20. The van der Waals surface area contributed by atoms with Crippen molar-refractivity contribution in [2.75, 3.05) is 0 Å². The first-order chi connectivity index (χ1) is 5.63. The summed E-state index contributed by atoms with van der Waals surface area (Å²) in [4.78, 5) is 21.4. The van der Waals surface area contributed by atoms with Crippen molar-refractivity contribution in [1.29, 1.82) is 0 Å². The number of esters is 2.